The van der Waals surface area contributed by atoms with Crippen LogP contribution in [0.25, 0.3) is 0 Å². The SMILES string of the molecule is CCc1ccc(CC(SC=O)C(=O)N(C)CCCC(=O)Nc2ccc(C=O)c(NS(C)=O)c2)cc1. The third kappa shape index (κ3) is 9.29. The van der Waals surface area contributed by atoms with Gasteiger partial charge in [-0.15, -0.1) is 0 Å². The van der Waals surface area contributed by atoms with Gasteiger partial charge in [-0.25, -0.2) is 4.21 Å². The Morgan fingerprint density at radius 1 is 1.11 bits per heavy atom. The standard InChI is InChI=1S/C25H31N3O5S2/c1-4-18-7-9-19(10-8-18)14-23(34-17-30)25(32)28(2)13-5-6-24(31)26-21-12-11-20(16-29)22(15-21)27-35(3)33/h7-12,15-17,23,27H,4-6,13-14H2,1-3H3,(H,26,31). The molecule has 0 aliphatic rings. The number of amides is 2. The van der Waals surface area contributed by atoms with Crippen LogP contribution in [0.1, 0.15) is 41.3 Å². The van der Waals surface area contributed by atoms with E-state index in [1.807, 2.05) is 24.3 Å². The molecule has 0 bridgehead atoms. The zero-order valence-corrected chi connectivity index (χ0v) is 21.7. The number of anilines is 2. The second-order valence-corrected chi connectivity index (χ2v) is 10.1. The molecular weight excluding hydrogens is 486 g/mol. The summed E-state index contributed by atoms with van der Waals surface area (Å²) in [4.78, 5) is 49.1. The number of hydrogen-bond acceptors (Lipinski definition) is 6. The highest BCUT2D eigenvalue weighted by Crippen LogP contribution is 2.21. The number of carbonyl (C=O) groups excluding carboxylic acids is 4. The topological polar surface area (TPSA) is 113 Å². The molecule has 0 aliphatic carbocycles. The number of benzene rings is 2. The van der Waals surface area contributed by atoms with Crippen molar-refractivity contribution in [2.24, 2.45) is 0 Å². The van der Waals surface area contributed by atoms with Gasteiger partial charge in [-0.2, -0.15) is 0 Å². The molecule has 188 valence electrons. The third-order valence-corrected chi connectivity index (χ3v) is 6.65. The zero-order chi connectivity index (χ0) is 25.8. The number of nitrogens with one attached hydrogen (secondary N) is 2. The molecule has 0 saturated carbocycles. The van der Waals surface area contributed by atoms with E-state index in [0.29, 0.717) is 48.2 Å². The van der Waals surface area contributed by atoms with E-state index in [0.717, 1.165) is 23.7 Å². The lowest BCUT2D eigenvalue weighted by atomic mass is 10.1. The summed E-state index contributed by atoms with van der Waals surface area (Å²) in [5, 5.41) is 2.22. The molecule has 35 heavy (non-hydrogen) atoms. The van der Waals surface area contributed by atoms with Crippen LogP contribution in [0.4, 0.5) is 11.4 Å². The number of thioether (sulfide) groups is 1. The molecule has 2 N–H and O–H groups in total. The zero-order valence-electron chi connectivity index (χ0n) is 20.1. The fourth-order valence-electron chi connectivity index (χ4n) is 3.42. The van der Waals surface area contributed by atoms with E-state index in [1.54, 1.807) is 24.1 Å². The van der Waals surface area contributed by atoms with E-state index in [9.17, 15) is 23.4 Å². The number of aldehydes is 1. The molecule has 10 heteroatoms. The highest BCUT2D eigenvalue weighted by molar-refractivity contribution is 8.13. The molecule has 2 rings (SSSR count). The first-order valence-electron chi connectivity index (χ1n) is 11.2. The molecule has 0 heterocycles. The normalized spacial score (nSPS) is 12.3. The summed E-state index contributed by atoms with van der Waals surface area (Å²) in [6.07, 6.45) is 4.09. The van der Waals surface area contributed by atoms with Crippen molar-refractivity contribution >= 4 is 57.8 Å². The van der Waals surface area contributed by atoms with E-state index in [4.69, 9.17) is 0 Å². The summed E-state index contributed by atoms with van der Waals surface area (Å²) in [7, 11) is 0.299. The van der Waals surface area contributed by atoms with Gasteiger partial charge in [0.05, 0.1) is 10.9 Å². The molecular formula is C25H31N3O5S2. The predicted molar refractivity (Wildman–Crippen MR) is 143 cm³/mol. The fraction of sp³-hybridized carbons (Fsp3) is 0.360. The number of carbonyl (C=O) groups is 4. The van der Waals surface area contributed by atoms with E-state index >= 15 is 0 Å². The van der Waals surface area contributed by atoms with Crippen LogP contribution >= 0.6 is 11.8 Å². The van der Waals surface area contributed by atoms with Gasteiger partial charge in [-0.1, -0.05) is 43.0 Å². The Morgan fingerprint density at radius 2 is 1.80 bits per heavy atom. The number of nitrogens with zero attached hydrogens (tertiary/aromatic N) is 1. The van der Waals surface area contributed by atoms with Gasteiger partial charge < -0.3 is 14.9 Å². The van der Waals surface area contributed by atoms with Crippen LogP contribution in [-0.4, -0.2) is 57.9 Å². The summed E-state index contributed by atoms with van der Waals surface area (Å²) < 4.78 is 14.1. The average Bonchev–Trinajstić information content (AvgIpc) is 2.83. The number of aryl methyl sites for hydroxylation is 1. The Bertz CT molecular complexity index is 1060. The van der Waals surface area contributed by atoms with Crippen LogP contribution in [0.5, 0.6) is 0 Å². The minimum atomic E-state index is -1.37. The first kappa shape index (κ1) is 28.3. The van der Waals surface area contributed by atoms with E-state index in [-0.39, 0.29) is 18.2 Å². The molecule has 0 aliphatic heterocycles. The predicted octanol–water partition coefficient (Wildman–Crippen LogP) is 3.48. The van der Waals surface area contributed by atoms with Gasteiger partial charge in [0.25, 0.3) is 0 Å². The number of hydrogen-bond donors (Lipinski definition) is 2. The van der Waals surface area contributed by atoms with Crippen molar-refractivity contribution in [3.05, 3.63) is 59.2 Å². The molecule has 2 unspecified atom stereocenters. The fourth-order valence-corrected chi connectivity index (χ4v) is 4.63. The van der Waals surface area contributed by atoms with Crippen molar-refractivity contribution in [2.45, 2.75) is 37.9 Å². The Kier molecular flexibility index (Phi) is 11.6. The van der Waals surface area contributed by atoms with Crippen molar-refractivity contribution in [3.8, 4) is 0 Å². The Balaban J connectivity index is 1.88. The lowest BCUT2D eigenvalue weighted by molar-refractivity contribution is -0.129. The first-order chi connectivity index (χ1) is 16.8. The molecule has 2 atom stereocenters. The molecule has 0 radical (unpaired) electrons. The van der Waals surface area contributed by atoms with Crippen molar-refractivity contribution in [1.29, 1.82) is 0 Å². The first-order valence-corrected chi connectivity index (χ1v) is 13.7. The molecule has 0 spiro atoms. The third-order valence-electron chi connectivity index (χ3n) is 5.34. The summed E-state index contributed by atoms with van der Waals surface area (Å²) in [6, 6.07) is 12.7. The van der Waals surface area contributed by atoms with Crippen LogP contribution in [0.3, 0.4) is 0 Å². The largest absolute Gasteiger partial charge is 0.345 e. The van der Waals surface area contributed by atoms with E-state index in [1.165, 1.54) is 17.9 Å². The molecule has 2 aromatic rings. The number of rotatable bonds is 14. The van der Waals surface area contributed by atoms with Gasteiger partial charge in [-0.3, -0.25) is 19.2 Å². The van der Waals surface area contributed by atoms with Crippen LogP contribution < -0.4 is 10.0 Å². The van der Waals surface area contributed by atoms with Gasteiger partial charge in [-0.05, 0) is 48.6 Å². The highest BCUT2D eigenvalue weighted by Gasteiger charge is 2.23. The van der Waals surface area contributed by atoms with Gasteiger partial charge in [0.15, 0.2) is 11.9 Å². The summed E-state index contributed by atoms with van der Waals surface area (Å²) in [5.41, 5.74) is 4.06. The summed E-state index contributed by atoms with van der Waals surface area (Å²) >= 11 is 0.964. The smallest absolute Gasteiger partial charge is 0.236 e. The molecule has 2 amide bonds. The van der Waals surface area contributed by atoms with Crippen molar-refractivity contribution in [2.75, 3.05) is 29.9 Å². The molecule has 0 saturated heterocycles. The minimum Gasteiger partial charge on any atom is -0.345 e. The summed E-state index contributed by atoms with van der Waals surface area (Å²) in [6.45, 7) is 2.44. The Hall–Kier alpha value is -2.98. The average molecular weight is 518 g/mol. The van der Waals surface area contributed by atoms with Crippen LogP contribution in [-0.2, 0) is 38.2 Å². The molecule has 2 aromatic carbocycles. The van der Waals surface area contributed by atoms with Crippen molar-refractivity contribution in [1.82, 2.24) is 4.90 Å². The molecule has 0 aromatic heterocycles. The van der Waals surface area contributed by atoms with E-state index in [2.05, 4.69) is 17.0 Å². The van der Waals surface area contributed by atoms with Crippen LogP contribution in [0.15, 0.2) is 42.5 Å². The maximum Gasteiger partial charge on any atom is 0.236 e. The van der Waals surface area contributed by atoms with Gasteiger partial charge in [0, 0.05) is 37.5 Å². The quantitative estimate of drug-likeness (QED) is 0.371. The van der Waals surface area contributed by atoms with Crippen molar-refractivity contribution < 1.29 is 23.4 Å². The minimum absolute atomic E-state index is 0.158. The lowest BCUT2D eigenvalue weighted by Gasteiger charge is -2.22. The Morgan fingerprint density at radius 3 is 2.40 bits per heavy atom. The molecule has 8 nitrogen and oxygen atoms in total. The van der Waals surface area contributed by atoms with Crippen LogP contribution in [0, 0.1) is 0 Å². The van der Waals surface area contributed by atoms with Crippen molar-refractivity contribution in [3.63, 3.8) is 0 Å². The summed E-state index contributed by atoms with van der Waals surface area (Å²) in [5.74, 6) is -0.405. The van der Waals surface area contributed by atoms with Crippen LogP contribution in [0.2, 0.25) is 0 Å². The van der Waals surface area contributed by atoms with E-state index < -0.39 is 16.2 Å². The highest BCUT2D eigenvalue weighted by atomic mass is 32.2. The maximum atomic E-state index is 12.9. The maximum absolute atomic E-state index is 12.9. The monoisotopic (exact) mass is 517 g/mol. The second-order valence-electron chi connectivity index (χ2n) is 7.98. The second kappa shape index (κ2) is 14.4. The van der Waals surface area contributed by atoms with Gasteiger partial charge in [0.1, 0.15) is 11.0 Å². The molecule has 0 fully saturated rings. The van der Waals surface area contributed by atoms with Gasteiger partial charge >= 0.3 is 0 Å². The Labute approximate surface area is 212 Å². The van der Waals surface area contributed by atoms with Gasteiger partial charge in [0.2, 0.25) is 11.8 Å². The lowest BCUT2D eigenvalue weighted by Crippen LogP contribution is -2.36.